The predicted octanol–water partition coefficient (Wildman–Crippen LogP) is 2.26. The molecule has 2 rings (SSSR count). The van der Waals surface area contributed by atoms with Gasteiger partial charge in [0.2, 0.25) is 0 Å². The van der Waals surface area contributed by atoms with Crippen molar-refractivity contribution >= 4 is 21.9 Å². The van der Waals surface area contributed by atoms with Crippen LogP contribution in [0, 0.1) is 5.82 Å². The molecule has 1 atom stereocenters. The number of carboxylic acids is 1. The highest BCUT2D eigenvalue weighted by Gasteiger charge is 2.22. The lowest BCUT2D eigenvalue weighted by molar-refractivity contribution is -0.142. The highest BCUT2D eigenvalue weighted by atomic mass is 79.9. The number of nitrogens with zero attached hydrogens (tertiary/aromatic N) is 1. The van der Waals surface area contributed by atoms with Crippen LogP contribution in [0.1, 0.15) is 12.0 Å². The SMILES string of the molecule is O=C(O)CC1CN(Cc2ccc(Br)c(F)c2)CCO1. The van der Waals surface area contributed by atoms with Crippen LogP contribution >= 0.6 is 15.9 Å². The van der Waals surface area contributed by atoms with E-state index in [0.717, 1.165) is 12.1 Å². The van der Waals surface area contributed by atoms with Crippen molar-refractivity contribution in [3.63, 3.8) is 0 Å². The zero-order chi connectivity index (χ0) is 13.8. The van der Waals surface area contributed by atoms with E-state index < -0.39 is 5.97 Å². The standard InChI is InChI=1S/C13H15BrFNO3/c14-11-2-1-9(5-12(11)15)7-16-3-4-19-10(8-16)6-13(17)18/h1-2,5,10H,3-4,6-8H2,(H,17,18). The molecule has 1 heterocycles. The van der Waals surface area contributed by atoms with Crippen molar-refractivity contribution in [1.29, 1.82) is 0 Å². The summed E-state index contributed by atoms with van der Waals surface area (Å²) in [7, 11) is 0. The van der Waals surface area contributed by atoms with Gasteiger partial charge in [-0.15, -0.1) is 0 Å². The molecule has 0 radical (unpaired) electrons. The molecule has 1 unspecified atom stereocenters. The fourth-order valence-corrected chi connectivity index (χ4v) is 2.39. The van der Waals surface area contributed by atoms with Crippen LogP contribution in [0.15, 0.2) is 22.7 Å². The van der Waals surface area contributed by atoms with Crippen molar-refractivity contribution < 1.29 is 19.0 Å². The lowest BCUT2D eigenvalue weighted by Gasteiger charge is -2.32. The van der Waals surface area contributed by atoms with Crippen LogP contribution in [0.4, 0.5) is 4.39 Å². The van der Waals surface area contributed by atoms with Gasteiger partial charge in [-0.2, -0.15) is 0 Å². The summed E-state index contributed by atoms with van der Waals surface area (Å²) in [4.78, 5) is 12.7. The second-order valence-electron chi connectivity index (χ2n) is 4.57. The molecule has 6 heteroatoms. The molecule has 0 spiro atoms. The maximum atomic E-state index is 13.4. The molecule has 19 heavy (non-hydrogen) atoms. The molecule has 1 aromatic carbocycles. The Morgan fingerprint density at radius 3 is 3.05 bits per heavy atom. The Morgan fingerprint density at radius 1 is 1.58 bits per heavy atom. The molecule has 0 amide bonds. The molecule has 1 fully saturated rings. The Hall–Kier alpha value is -0.980. The van der Waals surface area contributed by atoms with Crippen LogP contribution in [0.5, 0.6) is 0 Å². The van der Waals surface area contributed by atoms with Gasteiger partial charge in [0.25, 0.3) is 0 Å². The zero-order valence-electron chi connectivity index (χ0n) is 10.3. The third kappa shape index (κ3) is 4.26. The smallest absolute Gasteiger partial charge is 0.306 e. The highest BCUT2D eigenvalue weighted by Crippen LogP contribution is 2.18. The minimum absolute atomic E-state index is 0.00516. The summed E-state index contributed by atoms with van der Waals surface area (Å²) >= 11 is 3.12. The summed E-state index contributed by atoms with van der Waals surface area (Å²) in [6.07, 6.45) is -0.280. The van der Waals surface area contributed by atoms with Gasteiger partial charge < -0.3 is 9.84 Å². The lowest BCUT2D eigenvalue weighted by atomic mass is 10.1. The molecular formula is C13H15BrFNO3. The average Bonchev–Trinajstić information content (AvgIpc) is 2.33. The summed E-state index contributed by atoms with van der Waals surface area (Å²) in [5.41, 5.74) is 0.872. The van der Waals surface area contributed by atoms with E-state index in [0.29, 0.717) is 24.2 Å². The third-order valence-electron chi connectivity index (χ3n) is 3.02. The fourth-order valence-electron chi connectivity index (χ4n) is 2.14. The first-order valence-electron chi connectivity index (χ1n) is 6.04. The van der Waals surface area contributed by atoms with Crippen molar-refractivity contribution in [2.24, 2.45) is 0 Å². The number of aliphatic carboxylic acids is 1. The normalized spacial score (nSPS) is 20.4. The monoisotopic (exact) mass is 331 g/mol. The maximum absolute atomic E-state index is 13.4. The summed E-state index contributed by atoms with van der Waals surface area (Å²) in [6, 6.07) is 5.03. The number of morpholine rings is 1. The molecule has 0 bridgehead atoms. The summed E-state index contributed by atoms with van der Waals surface area (Å²) in [6.45, 7) is 2.40. The molecule has 1 N–H and O–H groups in total. The predicted molar refractivity (Wildman–Crippen MR) is 71.4 cm³/mol. The van der Waals surface area contributed by atoms with E-state index in [1.807, 2.05) is 6.07 Å². The van der Waals surface area contributed by atoms with Gasteiger partial charge in [0.15, 0.2) is 0 Å². The fraction of sp³-hybridized carbons (Fsp3) is 0.462. The zero-order valence-corrected chi connectivity index (χ0v) is 11.9. The molecule has 1 aliphatic heterocycles. The molecule has 1 aliphatic rings. The first-order valence-corrected chi connectivity index (χ1v) is 6.83. The Morgan fingerprint density at radius 2 is 2.37 bits per heavy atom. The molecule has 1 aromatic rings. The minimum Gasteiger partial charge on any atom is -0.481 e. The Kier molecular flexibility index (Phi) is 4.90. The molecule has 104 valence electrons. The van der Waals surface area contributed by atoms with E-state index in [1.54, 1.807) is 6.07 Å². The van der Waals surface area contributed by atoms with E-state index in [-0.39, 0.29) is 18.3 Å². The largest absolute Gasteiger partial charge is 0.481 e. The number of ether oxygens (including phenoxy) is 1. The first kappa shape index (κ1) is 14.4. The van der Waals surface area contributed by atoms with Crippen LogP contribution in [0.3, 0.4) is 0 Å². The van der Waals surface area contributed by atoms with Gasteiger partial charge in [0.05, 0.1) is 23.6 Å². The van der Waals surface area contributed by atoms with Gasteiger partial charge in [-0.25, -0.2) is 4.39 Å². The van der Waals surface area contributed by atoms with E-state index in [2.05, 4.69) is 20.8 Å². The van der Waals surface area contributed by atoms with Crippen molar-refractivity contribution in [1.82, 2.24) is 4.90 Å². The van der Waals surface area contributed by atoms with E-state index in [9.17, 15) is 9.18 Å². The summed E-state index contributed by atoms with van der Waals surface area (Å²) < 4.78 is 19.3. The molecular weight excluding hydrogens is 317 g/mol. The number of hydrogen-bond acceptors (Lipinski definition) is 3. The molecule has 4 nitrogen and oxygen atoms in total. The number of hydrogen-bond donors (Lipinski definition) is 1. The lowest BCUT2D eigenvalue weighted by Crippen LogP contribution is -2.42. The van der Waals surface area contributed by atoms with Crippen LogP contribution in [0.25, 0.3) is 0 Å². The first-order chi connectivity index (χ1) is 9.04. The van der Waals surface area contributed by atoms with E-state index in [1.165, 1.54) is 6.07 Å². The van der Waals surface area contributed by atoms with Crippen molar-refractivity contribution in [2.75, 3.05) is 19.7 Å². The molecule has 0 aliphatic carbocycles. The number of halogens is 2. The number of carboxylic acid groups (broad SMARTS) is 1. The highest BCUT2D eigenvalue weighted by molar-refractivity contribution is 9.10. The van der Waals surface area contributed by atoms with Crippen LogP contribution < -0.4 is 0 Å². The van der Waals surface area contributed by atoms with Crippen LogP contribution in [0.2, 0.25) is 0 Å². The summed E-state index contributed by atoms with van der Waals surface area (Å²) in [5, 5.41) is 8.76. The topological polar surface area (TPSA) is 49.8 Å². The second kappa shape index (κ2) is 6.45. The third-order valence-corrected chi connectivity index (χ3v) is 3.66. The van der Waals surface area contributed by atoms with Gasteiger partial charge >= 0.3 is 5.97 Å². The van der Waals surface area contributed by atoms with Crippen molar-refractivity contribution in [3.8, 4) is 0 Å². The van der Waals surface area contributed by atoms with Crippen LogP contribution in [-0.4, -0.2) is 41.8 Å². The van der Waals surface area contributed by atoms with Gasteiger partial charge in [-0.05, 0) is 33.6 Å². The molecule has 1 saturated heterocycles. The van der Waals surface area contributed by atoms with Gasteiger partial charge in [-0.1, -0.05) is 6.07 Å². The van der Waals surface area contributed by atoms with Gasteiger partial charge in [-0.3, -0.25) is 9.69 Å². The molecule has 0 saturated carbocycles. The average molecular weight is 332 g/mol. The second-order valence-corrected chi connectivity index (χ2v) is 5.43. The number of rotatable bonds is 4. The minimum atomic E-state index is -0.860. The Labute approximate surface area is 119 Å². The Bertz CT molecular complexity index is 469. The van der Waals surface area contributed by atoms with Gasteiger partial charge in [0, 0.05) is 19.6 Å². The summed E-state index contributed by atoms with van der Waals surface area (Å²) in [5.74, 6) is -1.14. The van der Waals surface area contributed by atoms with Crippen molar-refractivity contribution in [3.05, 3.63) is 34.1 Å². The number of carbonyl (C=O) groups is 1. The van der Waals surface area contributed by atoms with Crippen LogP contribution in [-0.2, 0) is 16.1 Å². The number of benzene rings is 1. The Balaban J connectivity index is 1.94. The van der Waals surface area contributed by atoms with Crippen molar-refractivity contribution in [2.45, 2.75) is 19.1 Å². The quantitative estimate of drug-likeness (QED) is 0.919. The van der Waals surface area contributed by atoms with E-state index in [4.69, 9.17) is 9.84 Å². The van der Waals surface area contributed by atoms with E-state index >= 15 is 0 Å². The maximum Gasteiger partial charge on any atom is 0.306 e. The molecule has 0 aromatic heterocycles. The van der Waals surface area contributed by atoms with Gasteiger partial charge in [0.1, 0.15) is 5.82 Å².